The lowest BCUT2D eigenvalue weighted by Gasteiger charge is -2.18. The third-order valence-electron chi connectivity index (χ3n) is 3.14. The van der Waals surface area contributed by atoms with E-state index in [0.29, 0.717) is 18.4 Å². The Labute approximate surface area is 125 Å². The fourth-order valence-electron chi connectivity index (χ4n) is 1.79. The summed E-state index contributed by atoms with van der Waals surface area (Å²) in [5.41, 5.74) is 0.684. The van der Waals surface area contributed by atoms with Crippen molar-refractivity contribution in [3.05, 3.63) is 0 Å². The molecule has 3 nitrogen and oxygen atoms in total. The fraction of sp³-hybridized carbons (Fsp3) is 0.941. The van der Waals surface area contributed by atoms with Gasteiger partial charge in [0, 0.05) is 19.6 Å². The fourth-order valence-corrected chi connectivity index (χ4v) is 1.79. The van der Waals surface area contributed by atoms with Crippen molar-refractivity contribution in [3.63, 3.8) is 0 Å². The van der Waals surface area contributed by atoms with Crippen molar-refractivity contribution in [1.29, 1.82) is 0 Å². The van der Waals surface area contributed by atoms with Crippen LogP contribution in [0.1, 0.15) is 73.6 Å². The van der Waals surface area contributed by atoms with Crippen LogP contribution in [0.25, 0.3) is 0 Å². The Morgan fingerprint density at radius 3 is 2.05 bits per heavy atom. The molecule has 1 N–H and O–H groups in total. The van der Waals surface area contributed by atoms with Gasteiger partial charge in [0.2, 0.25) is 5.91 Å². The number of unbranched alkanes of at least 4 members (excludes halogenated alkanes) is 1. The van der Waals surface area contributed by atoms with E-state index in [9.17, 15) is 4.79 Å². The summed E-state index contributed by atoms with van der Waals surface area (Å²) in [5.74, 6) is 0.101. The van der Waals surface area contributed by atoms with E-state index in [0.717, 1.165) is 26.0 Å². The van der Waals surface area contributed by atoms with Gasteiger partial charge in [0.1, 0.15) is 0 Å². The number of amides is 1. The highest BCUT2D eigenvalue weighted by atomic mass is 16.5. The molecule has 0 heterocycles. The Bertz CT molecular complexity index is 261. The van der Waals surface area contributed by atoms with Gasteiger partial charge in [0.05, 0.1) is 6.61 Å². The van der Waals surface area contributed by atoms with Crippen molar-refractivity contribution < 1.29 is 9.53 Å². The van der Waals surface area contributed by atoms with E-state index >= 15 is 0 Å². The zero-order valence-corrected chi connectivity index (χ0v) is 14.5. The molecule has 0 aromatic carbocycles. The number of ether oxygens (including phenoxy) is 1. The molecule has 1 amide bonds. The maximum absolute atomic E-state index is 11.6. The van der Waals surface area contributed by atoms with Crippen LogP contribution < -0.4 is 5.32 Å². The molecule has 0 rings (SSSR count). The van der Waals surface area contributed by atoms with Crippen LogP contribution in [0.3, 0.4) is 0 Å². The molecule has 0 saturated carbocycles. The Balaban J connectivity index is 3.36. The van der Waals surface area contributed by atoms with Crippen LogP contribution in [0.2, 0.25) is 0 Å². The number of hydrogen-bond donors (Lipinski definition) is 1. The third kappa shape index (κ3) is 15.5. The van der Waals surface area contributed by atoms with Gasteiger partial charge in [-0.25, -0.2) is 0 Å². The summed E-state index contributed by atoms with van der Waals surface area (Å²) >= 11 is 0. The normalized spacial score (nSPS) is 12.5. The van der Waals surface area contributed by atoms with Crippen LogP contribution in [0.15, 0.2) is 0 Å². The monoisotopic (exact) mass is 285 g/mol. The van der Waals surface area contributed by atoms with Crippen molar-refractivity contribution in [2.24, 2.45) is 10.8 Å². The molecule has 0 aromatic rings. The quantitative estimate of drug-likeness (QED) is 0.646. The van der Waals surface area contributed by atoms with Crippen LogP contribution in [0.5, 0.6) is 0 Å². The minimum absolute atomic E-state index is 0.101. The topological polar surface area (TPSA) is 38.3 Å². The van der Waals surface area contributed by atoms with Crippen LogP contribution >= 0.6 is 0 Å². The SMILES string of the molecule is CC(C)(C)CCCCOCCC(=O)NCCC(C)(C)C. The highest BCUT2D eigenvalue weighted by molar-refractivity contribution is 5.75. The smallest absolute Gasteiger partial charge is 0.222 e. The van der Waals surface area contributed by atoms with Crippen molar-refractivity contribution in [2.45, 2.75) is 73.6 Å². The van der Waals surface area contributed by atoms with Gasteiger partial charge in [-0.1, -0.05) is 48.0 Å². The molecular formula is C17H35NO2. The van der Waals surface area contributed by atoms with E-state index in [1.807, 2.05) is 0 Å². The van der Waals surface area contributed by atoms with Gasteiger partial charge < -0.3 is 10.1 Å². The Morgan fingerprint density at radius 1 is 0.900 bits per heavy atom. The van der Waals surface area contributed by atoms with Crippen LogP contribution in [0.4, 0.5) is 0 Å². The minimum atomic E-state index is 0.101. The van der Waals surface area contributed by atoms with Gasteiger partial charge in [-0.2, -0.15) is 0 Å². The molecule has 3 heteroatoms. The standard InChI is InChI=1S/C17H35NO2/c1-16(2,3)10-7-8-13-20-14-9-15(19)18-12-11-17(4,5)6/h7-14H2,1-6H3,(H,18,19). The molecule has 0 bridgehead atoms. The molecule has 0 saturated heterocycles. The van der Waals surface area contributed by atoms with E-state index in [4.69, 9.17) is 4.74 Å². The first-order valence-corrected chi connectivity index (χ1v) is 7.95. The number of nitrogens with one attached hydrogen (secondary N) is 1. The highest BCUT2D eigenvalue weighted by Crippen LogP contribution is 2.21. The molecule has 20 heavy (non-hydrogen) atoms. The Kier molecular flexibility index (Phi) is 9.11. The average Bonchev–Trinajstić information content (AvgIpc) is 2.24. The number of carbonyl (C=O) groups is 1. The maximum Gasteiger partial charge on any atom is 0.222 e. The Hall–Kier alpha value is -0.570. The predicted octanol–water partition coefficient (Wildman–Crippen LogP) is 4.16. The number of carbonyl (C=O) groups excluding carboxylic acids is 1. The van der Waals surface area contributed by atoms with E-state index in [-0.39, 0.29) is 11.3 Å². The summed E-state index contributed by atoms with van der Waals surface area (Å²) in [4.78, 5) is 11.6. The van der Waals surface area contributed by atoms with Crippen molar-refractivity contribution in [2.75, 3.05) is 19.8 Å². The van der Waals surface area contributed by atoms with Crippen LogP contribution in [0, 0.1) is 10.8 Å². The first kappa shape index (κ1) is 19.4. The van der Waals surface area contributed by atoms with Gasteiger partial charge >= 0.3 is 0 Å². The lowest BCUT2D eigenvalue weighted by Crippen LogP contribution is -2.28. The average molecular weight is 285 g/mol. The molecule has 0 unspecified atom stereocenters. The molecular weight excluding hydrogens is 250 g/mol. The summed E-state index contributed by atoms with van der Waals surface area (Å²) in [6, 6.07) is 0. The summed E-state index contributed by atoms with van der Waals surface area (Å²) in [6.45, 7) is 15.4. The molecule has 0 fully saturated rings. The zero-order valence-electron chi connectivity index (χ0n) is 14.5. The molecule has 0 aliphatic carbocycles. The maximum atomic E-state index is 11.6. The second kappa shape index (κ2) is 9.38. The lowest BCUT2D eigenvalue weighted by molar-refractivity contribution is -0.122. The summed E-state index contributed by atoms with van der Waals surface area (Å²) < 4.78 is 5.51. The molecule has 0 spiro atoms. The summed E-state index contributed by atoms with van der Waals surface area (Å²) in [7, 11) is 0. The number of hydrogen-bond acceptors (Lipinski definition) is 2. The van der Waals surface area contributed by atoms with Crippen molar-refractivity contribution in [1.82, 2.24) is 5.32 Å². The molecule has 0 radical (unpaired) electrons. The molecule has 0 atom stereocenters. The van der Waals surface area contributed by atoms with E-state index in [1.165, 1.54) is 12.8 Å². The predicted molar refractivity (Wildman–Crippen MR) is 85.8 cm³/mol. The van der Waals surface area contributed by atoms with E-state index in [1.54, 1.807) is 0 Å². The van der Waals surface area contributed by atoms with E-state index in [2.05, 4.69) is 46.9 Å². The molecule has 0 aliphatic heterocycles. The molecule has 0 aliphatic rings. The minimum Gasteiger partial charge on any atom is -0.381 e. The number of rotatable bonds is 9. The summed E-state index contributed by atoms with van der Waals surface area (Å²) in [5, 5.41) is 2.94. The zero-order chi connectivity index (χ0) is 15.6. The second-order valence-corrected chi connectivity index (χ2v) is 8.04. The largest absolute Gasteiger partial charge is 0.381 e. The first-order valence-electron chi connectivity index (χ1n) is 7.95. The molecule has 120 valence electrons. The van der Waals surface area contributed by atoms with E-state index < -0.39 is 0 Å². The van der Waals surface area contributed by atoms with Gasteiger partial charge in [0.25, 0.3) is 0 Å². The van der Waals surface area contributed by atoms with Crippen LogP contribution in [-0.4, -0.2) is 25.7 Å². The van der Waals surface area contributed by atoms with Gasteiger partial charge in [0.15, 0.2) is 0 Å². The van der Waals surface area contributed by atoms with Crippen LogP contribution in [-0.2, 0) is 9.53 Å². The lowest BCUT2D eigenvalue weighted by atomic mass is 9.90. The van der Waals surface area contributed by atoms with Gasteiger partial charge in [-0.3, -0.25) is 4.79 Å². The second-order valence-electron chi connectivity index (χ2n) is 8.04. The molecule has 0 aromatic heterocycles. The first-order chi connectivity index (χ1) is 9.10. The summed E-state index contributed by atoms with van der Waals surface area (Å²) in [6.07, 6.45) is 4.99. The third-order valence-corrected chi connectivity index (χ3v) is 3.14. The van der Waals surface area contributed by atoms with Gasteiger partial charge in [-0.15, -0.1) is 0 Å². The van der Waals surface area contributed by atoms with Crippen molar-refractivity contribution >= 4 is 5.91 Å². The highest BCUT2D eigenvalue weighted by Gasteiger charge is 2.10. The van der Waals surface area contributed by atoms with Gasteiger partial charge in [-0.05, 0) is 30.1 Å². The van der Waals surface area contributed by atoms with Crippen molar-refractivity contribution in [3.8, 4) is 0 Å². The Morgan fingerprint density at radius 2 is 1.50 bits per heavy atom.